The summed E-state index contributed by atoms with van der Waals surface area (Å²) in [6.45, 7) is 3.31. The number of rotatable bonds is 8. The monoisotopic (exact) mass is 424 g/mol. The van der Waals surface area contributed by atoms with Crippen LogP contribution in [0, 0.1) is 6.92 Å². The third-order valence-electron chi connectivity index (χ3n) is 4.90. The van der Waals surface area contributed by atoms with Crippen LogP contribution in [0.15, 0.2) is 47.0 Å². The first-order chi connectivity index (χ1) is 15.1. The van der Waals surface area contributed by atoms with Crippen LogP contribution in [0.25, 0.3) is 11.3 Å². The molecule has 0 spiro atoms. The maximum atomic E-state index is 12.1. The maximum Gasteiger partial charge on any atom is 0.321 e. The SMILES string of the molecule is COc1cc(-c2cnc(Nc3cc(OCCO)ccc3C)o2)cc(N2CCNC2=O)c1. The molecule has 162 valence electrons. The molecule has 1 aromatic heterocycles. The zero-order valence-corrected chi connectivity index (χ0v) is 17.3. The summed E-state index contributed by atoms with van der Waals surface area (Å²) in [5.41, 5.74) is 3.23. The van der Waals surface area contributed by atoms with Gasteiger partial charge in [-0.2, -0.15) is 0 Å². The molecule has 9 heteroatoms. The van der Waals surface area contributed by atoms with Gasteiger partial charge in [-0.1, -0.05) is 6.07 Å². The van der Waals surface area contributed by atoms with E-state index in [1.165, 1.54) is 0 Å². The number of benzene rings is 2. The maximum absolute atomic E-state index is 12.1. The molecule has 0 radical (unpaired) electrons. The van der Waals surface area contributed by atoms with Gasteiger partial charge in [-0.3, -0.25) is 4.90 Å². The number of hydrogen-bond acceptors (Lipinski definition) is 7. The number of carbonyl (C=O) groups is 1. The Morgan fingerprint density at radius 2 is 2.13 bits per heavy atom. The molecule has 3 aromatic rings. The number of hydrogen-bond donors (Lipinski definition) is 3. The van der Waals surface area contributed by atoms with Gasteiger partial charge in [0.1, 0.15) is 18.1 Å². The highest BCUT2D eigenvalue weighted by Crippen LogP contribution is 2.33. The molecular weight excluding hydrogens is 400 g/mol. The third-order valence-corrected chi connectivity index (χ3v) is 4.90. The molecule has 2 heterocycles. The van der Waals surface area contributed by atoms with Gasteiger partial charge < -0.3 is 29.6 Å². The molecule has 1 fully saturated rings. The number of nitrogens with one attached hydrogen (secondary N) is 2. The first kappa shape index (κ1) is 20.5. The standard InChI is InChI=1S/C22H24N4O5/c1-14-3-4-17(30-8-7-27)12-19(14)25-21-24-13-20(31-21)15-9-16(11-18(10-15)29-2)26-6-5-23-22(26)28/h3-4,9-13,27H,5-8H2,1-2H3,(H,23,28)(H,24,25). The van der Waals surface area contributed by atoms with Crippen molar-refractivity contribution in [2.45, 2.75) is 6.92 Å². The van der Waals surface area contributed by atoms with E-state index >= 15 is 0 Å². The number of anilines is 3. The predicted octanol–water partition coefficient (Wildman–Crippen LogP) is 3.30. The normalized spacial score (nSPS) is 13.3. The second-order valence-corrected chi connectivity index (χ2v) is 7.01. The summed E-state index contributed by atoms with van der Waals surface area (Å²) in [4.78, 5) is 18.0. The lowest BCUT2D eigenvalue weighted by atomic mass is 10.1. The molecule has 1 aliphatic heterocycles. The molecule has 0 saturated carbocycles. The molecule has 2 aromatic carbocycles. The van der Waals surface area contributed by atoms with Gasteiger partial charge in [0.15, 0.2) is 5.76 Å². The Kier molecular flexibility index (Phi) is 5.94. The van der Waals surface area contributed by atoms with Crippen molar-refractivity contribution in [1.29, 1.82) is 0 Å². The Morgan fingerprint density at radius 1 is 1.26 bits per heavy atom. The molecule has 31 heavy (non-hydrogen) atoms. The quantitative estimate of drug-likeness (QED) is 0.509. The van der Waals surface area contributed by atoms with E-state index in [1.54, 1.807) is 18.2 Å². The van der Waals surface area contributed by atoms with E-state index in [0.29, 0.717) is 36.4 Å². The van der Waals surface area contributed by atoms with Crippen molar-refractivity contribution >= 4 is 23.4 Å². The van der Waals surface area contributed by atoms with Crippen LogP contribution >= 0.6 is 0 Å². The highest BCUT2D eigenvalue weighted by molar-refractivity contribution is 5.95. The molecular formula is C22H24N4O5. The van der Waals surface area contributed by atoms with Crippen LogP contribution in [-0.4, -0.2) is 49.5 Å². The first-order valence-corrected chi connectivity index (χ1v) is 9.89. The Morgan fingerprint density at radius 3 is 2.87 bits per heavy atom. The molecule has 2 amide bonds. The van der Waals surface area contributed by atoms with E-state index in [-0.39, 0.29) is 19.2 Å². The fraction of sp³-hybridized carbons (Fsp3) is 0.273. The number of aromatic nitrogens is 1. The van der Waals surface area contributed by atoms with E-state index in [9.17, 15) is 4.79 Å². The average Bonchev–Trinajstić information content (AvgIpc) is 3.43. The molecule has 0 unspecified atom stereocenters. The van der Waals surface area contributed by atoms with Crippen LogP contribution in [-0.2, 0) is 0 Å². The number of methoxy groups -OCH3 is 1. The van der Waals surface area contributed by atoms with Gasteiger partial charge in [0, 0.05) is 42.2 Å². The summed E-state index contributed by atoms with van der Waals surface area (Å²) in [6.07, 6.45) is 1.62. The fourth-order valence-electron chi connectivity index (χ4n) is 3.29. The lowest BCUT2D eigenvalue weighted by Gasteiger charge is -2.16. The van der Waals surface area contributed by atoms with Crippen molar-refractivity contribution in [3.05, 3.63) is 48.2 Å². The molecule has 3 N–H and O–H groups in total. The zero-order valence-electron chi connectivity index (χ0n) is 17.3. The van der Waals surface area contributed by atoms with Crippen molar-refractivity contribution in [3.8, 4) is 22.8 Å². The predicted molar refractivity (Wildman–Crippen MR) is 116 cm³/mol. The minimum Gasteiger partial charge on any atom is -0.497 e. The van der Waals surface area contributed by atoms with Crippen LogP contribution in [0.4, 0.5) is 22.2 Å². The summed E-state index contributed by atoms with van der Waals surface area (Å²) in [5, 5.41) is 14.9. The number of urea groups is 1. The molecule has 0 atom stereocenters. The summed E-state index contributed by atoms with van der Waals surface area (Å²) in [5.74, 6) is 1.78. The zero-order chi connectivity index (χ0) is 21.8. The van der Waals surface area contributed by atoms with Crippen molar-refractivity contribution < 1.29 is 23.8 Å². The molecule has 4 rings (SSSR count). The molecule has 1 saturated heterocycles. The number of ether oxygens (including phenoxy) is 2. The van der Waals surface area contributed by atoms with Gasteiger partial charge in [0.05, 0.1) is 19.9 Å². The van der Waals surface area contributed by atoms with Gasteiger partial charge >= 0.3 is 6.03 Å². The number of aliphatic hydroxyl groups is 1. The van der Waals surface area contributed by atoms with E-state index in [1.807, 2.05) is 43.3 Å². The van der Waals surface area contributed by atoms with E-state index < -0.39 is 0 Å². The second kappa shape index (κ2) is 8.97. The minimum atomic E-state index is -0.141. The van der Waals surface area contributed by atoms with Crippen LogP contribution in [0.2, 0.25) is 0 Å². The minimum absolute atomic E-state index is 0.0542. The molecule has 0 aliphatic carbocycles. The lowest BCUT2D eigenvalue weighted by Crippen LogP contribution is -2.27. The van der Waals surface area contributed by atoms with Gasteiger partial charge in [-0.05, 0) is 30.7 Å². The molecule has 1 aliphatic rings. The van der Waals surface area contributed by atoms with Gasteiger partial charge in [0.25, 0.3) is 6.01 Å². The number of aliphatic hydroxyl groups excluding tert-OH is 1. The van der Waals surface area contributed by atoms with Gasteiger partial charge in [0.2, 0.25) is 0 Å². The number of amides is 2. The van der Waals surface area contributed by atoms with Crippen molar-refractivity contribution in [3.63, 3.8) is 0 Å². The second-order valence-electron chi connectivity index (χ2n) is 7.01. The Balaban J connectivity index is 1.58. The van der Waals surface area contributed by atoms with Gasteiger partial charge in [-0.25, -0.2) is 9.78 Å². The number of aryl methyl sites for hydroxylation is 1. The number of nitrogens with zero attached hydrogens (tertiary/aromatic N) is 2. The number of oxazole rings is 1. The Bertz CT molecular complexity index is 1080. The molecule has 9 nitrogen and oxygen atoms in total. The van der Waals surface area contributed by atoms with E-state index in [4.69, 9.17) is 19.0 Å². The average molecular weight is 424 g/mol. The summed E-state index contributed by atoms with van der Waals surface area (Å²) in [6, 6.07) is 11.3. The third kappa shape index (κ3) is 4.56. The van der Waals surface area contributed by atoms with Crippen molar-refractivity contribution in [1.82, 2.24) is 10.3 Å². The lowest BCUT2D eigenvalue weighted by molar-refractivity contribution is 0.201. The molecule has 0 bridgehead atoms. The van der Waals surface area contributed by atoms with Gasteiger partial charge in [-0.15, -0.1) is 0 Å². The highest BCUT2D eigenvalue weighted by atomic mass is 16.5. The van der Waals surface area contributed by atoms with Crippen LogP contribution in [0.3, 0.4) is 0 Å². The van der Waals surface area contributed by atoms with Crippen LogP contribution < -0.4 is 25.0 Å². The van der Waals surface area contributed by atoms with E-state index in [2.05, 4.69) is 15.6 Å². The summed E-state index contributed by atoms with van der Waals surface area (Å²) in [7, 11) is 1.58. The first-order valence-electron chi connectivity index (χ1n) is 9.89. The topological polar surface area (TPSA) is 109 Å². The number of carbonyl (C=O) groups excluding carboxylic acids is 1. The fourth-order valence-corrected chi connectivity index (χ4v) is 3.29. The Hall–Kier alpha value is -3.72. The Labute approximate surface area is 179 Å². The van der Waals surface area contributed by atoms with Crippen molar-refractivity contribution in [2.75, 3.05) is 43.6 Å². The largest absolute Gasteiger partial charge is 0.497 e. The van der Waals surface area contributed by atoms with Crippen LogP contribution in [0.1, 0.15) is 5.56 Å². The van der Waals surface area contributed by atoms with Crippen LogP contribution in [0.5, 0.6) is 11.5 Å². The summed E-state index contributed by atoms with van der Waals surface area (Å²) >= 11 is 0. The highest BCUT2D eigenvalue weighted by Gasteiger charge is 2.23. The smallest absolute Gasteiger partial charge is 0.321 e. The van der Waals surface area contributed by atoms with Crippen molar-refractivity contribution in [2.24, 2.45) is 0 Å². The summed E-state index contributed by atoms with van der Waals surface area (Å²) < 4.78 is 16.8. The van der Waals surface area contributed by atoms with E-state index in [0.717, 1.165) is 22.5 Å².